The fourth-order valence-corrected chi connectivity index (χ4v) is 1.92. The third-order valence-corrected chi connectivity index (χ3v) is 3.68. The van der Waals surface area contributed by atoms with E-state index in [4.69, 9.17) is 0 Å². The first kappa shape index (κ1) is 14.2. The van der Waals surface area contributed by atoms with Gasteiger partial charge in [0, 0.05) is 43.4 Å². The molecule has 0 saturated heterocycles. The molecule has 17 heavy (non-hydrogen) atoms. The maximum atomic E-state index is 9.46. The zero-order valence-corrected chi connectivity index (χ0v) is 11.2. The third kappa shape index (κ3) is 3.82. The molecular weight excluding hydrogens is 214 g/mol. The monoisotopic (exact) mass is 239 g/mol. The van der Waals surface area contributed by atoms with Crippen LogP contribution in [0.1, 0.15) is 39.2 Å². The Morgan fingerprint density at radius 1 is 1.35 bits per heavy atom. The Labute approximate surface area is 104 Å². The second kappa shape index (κ2) is 6.77. The van der Waals surface area contributed by atoms with E-state index in [1.165, 1.54) is 5.56 Å². The topological polar surface area (TPSA) is 50.1 Å². The Kier molecular flexibility index (Phi) is 5.65. The first-order chi connectivity index (χ1) is 8.19. The van der Waals surface area contributed by atoms with Gasteiger partial charge in [0.1, 0.15) is 0 Å². The Bertz CT molecular complexity index is 310. The van der Waals surface area contributed by atoms with Crippen LogP contribution >= 0.6 is 0 Å². The van der Waals surface area contributed by atoms with Gasteiger partial charge in [-0.1, -0.05) is 13.8 Å². The van der Waals surface area contributed by atoms with Crippen molar-refractivity contribution in [3.63, 3.8) is 0 Å². The van der Waals surface area contributed by atoms with Crippen LogP contribution in [0.2, 0.25) is 0 Å². The molecule has 0 unspecified atom stereocenters. The summed E-state index contributed by atoms with van der Waals surface area (Å²) in [4.78, 5) is 0. The zero-order valence-electron chi connectivity index (χ0n) is 11.2. The van der Waals surface area contributed by atoms with Crippen molar-refractivity contribution in [2.24, 2.45) is 5.41 Å². The van der Waals surface area contributed by atoms with Crippen molar-refractivity contribution in [2.45, 2.75) is 46.7 Å². The van der Waals surface area contributed by atoms with Gasteiger partial charge in [0.2, 0.25) is 0 Å². The predicted molar refractivity (Wildman–Crippen MR) is 69.7 cm³/mol. The molecule has 0 aliphatic rings. The molecule has 4 nitrogen and oxygen atoms in total. The Hall–Kier alpha value is -0.870. The normalized spacial score (nSPS) is 12.0. The molecule has 1 heterocycles. The van der Waals surface area contributed by atoms with E-state index in [0.717, 1.165) is 32.5 Å². The van der Waals surface area contributed by atoms with Crippen molar-refractivity contribution >= 4 is 0 Å². The minimum absolute atomic E-state index is 0.0285. The van der Waals surface area contributed by atoms with Crippen molar-refractivity contribution in [3.05, 3.63) is 18.0 Å². The van der Waals surface area contributed by atoms with Crippen molar-refractivity contribution in [1.82, 2.24) is 15.1 Å². The average Bonchev–Trinajstić information content (AvgIpc) is 2.83. The molecule has 0 aromatic carbocycles. The standard InChI is InChI=1S/C13H25N3O/c1-4-13(5-2,11-17)10-14-7-12-8-15-16(6-3)9-12/h8-9,14,17H,4-7,10-11H2,1-3H3. The first-order valence-corrected chi connectivity index (χ1v) is 6.52. The second-order valence-electron chi connectivity index (χ2n) is 4.67. The molecule has 1 aromatic rings. The molecule has 1 aromatic heterocycles. The fourth-order valence-electron chi connectivity index (χ4n) is 1.92. The number of aromatic nitrogens is 2. The number of aryl methyl sites for hydroxylation is 1. The van der Waals surface area contributed by atoms with E-state index in [2.05, 4.69) is 37.4 Å². The number of aliphatic hydroxyl groups is 1. The molecule has 0 radical (unpaired) electrons. The minimum Gasteiger partial charge on any atom is -0.396 e. The van der Waals surface area contributed by atoms with E-state index < -0.39 is 0 Å². The highest BCUT2D eigenvalue weighted by Crippen LogP contribution is 2.24. The van der Waals surface area contributed by atoms with E-state index in [0.29, 0.717) is 0 Å². The van der Waals surface area contributed by atoms with Crippen LogP contribution in [0, 0.1) is 5.41 Å². The van der Waals surface area contributed by atoms with Crippen LogP contribution in [0.3, 0.4) is 0 Å². The number of aliphatic hydroxyl groups excluding tert-OH is 1. The van der Waals surface area contributed by atoms with Gasteiger partial charge in [0.15, 0.2) is 0 Å². The average molecular weight is 239 g/mol. The van der Waals surface area contributed by atoms with E-state index >= 15 is 0 Å². The van der Waals surface area contributed by atoms with Gasteiger partial charge in [-0.2, -0.15) is 5.10 Å². The number of nitrogens with one attached hydrogen (secondary N) is 1. The second-order valence-corrected chi connectivity index (χ2v) is 4.67. The summed E-state index contributed by atoms with van der Waals surface area (Å²) in [6.45, 7) is 9.18. The lowest BCUT2D eigenvalue weighted by molar-refractivity contribution is 0.113. The van der Waals surface area contributed by atoms with Gasteiger partial charge >= 0.3 is 0 Å². The van der Waals surface area contributed by atoms with Crippen LogP contribution in [0.15, 0.2) is 12.4 Å². The molecular formula is C13H25N3O. The van der Waals surface area contributed by atoms with E-state index in [-0.39, 0.29) is 12.0 Å². The molecule has 0 amide bonds. The van der Waals surface area contributed by atoms with Crippen molar-refractivity contribution in [1.29, 1.82) is 0 Å². The predicted octanol–water partition coefficient (Wildman–Crippen LogP) is 1.79. The maximum absolute atomic E-state index is 9.46. The quantitative estimate of drug-likeness (QED) is 0.727. The first-order valence-electron chi connectivity index (χ1n) is 6.52. The van der Waals surface area contributed by atoms with Gasteiger partial charge < -0.3 is 10.4 Å². The highest BCUT2D eigenvalue weighted by atomic mass is 16.3. The summed E-state index contributed by atoms with van der Waals surface area (Å²) >= 11 is 0. The highest BCUT2D eigenvalue weighted by Gasteiger charge is 2.24. The Morgan fingerprint density at radius 2 is 2.06 bits per heavy atom. The number of rotatable bonds is 8. The van der Waals surface area contributed by atoms with Crippen LogP contribution in [0.5, 0.6) is 0 Å². The summed E-state index contributed by atoms with van der Waals surface area (Å²) in [6.07, 6.45) is 5.96. The third-order valence-electron chi connectivity index (χ3n) is 3.68. The molecule has 98 valence electrons. The largest absolute Gasteiger partial charge is 0.396 e. The summed E-state index contributed by atoms with van der Waals surface area (Å²) in [6, 6.07) is 0. The molecule has 0 aliphatic carbocycles. The maximum Gasteiger partial charge on any atom is 0.0534 e. The molecule has 0 fully saturated rings. The van der Waals surface area contributed by atoms with Gasteiger partial charge in [-0.05, 0) is 19.8 Å². The molecule has 4 heteroatoms. The van der Waals surface area contributed by atoms with Crippen LogP contribution < -0.4 is 5.32 Å². The molecule has 0 spiro atoms. The summed E-state index contributed by atoms with van der Waals surface area (Å²) < 4.78 is 1.93. The van der Waals surface area contributed by atoms with Gasteiger partial charge in [0.05, 0.1) is 6.20 Å². The molecule has 1 rings (SSSR count). The highest BCUT2D eigenvalue weighted by molar-refractivity contribution is 5.03. The number of nitrogens with zero attached hydrogens (tertiary/aromatic N) is 2. The zero-order chi connectivity index (χ0) is 12.7. The van der Waals surface area contributed by atoms with Crippen molar-refractivity contribution in [3.8, 4) is 0 Å². The Morgan fingerprint density at radius 3 is 2.53 bits per heavy atom. The summed E-state index contributed by atoms with van der Waals surface area (Å²) in [7, 11) is 0. The lowest BCUT2D eigenvalue weighted by Crippen LogP contribution is -2.36. The van der Waals surface area contributed by atoms with E-state index in [9.17, 15) is 5.11 Å². The summed E-state index contributed by atoms with van der Waals surface area (Å²) in [5.41, 5.74) is 1.23. The molecule has 0 atom stereocenters. The molecule has 0 saturated carbocycles. The molecule has 0 aliphatic heterocycles. The molecule has 2 N–H and O–H groups in total. The van der Waals surface area contributed by atoms with Crippen LogP contribution in [-0.4, -0.2) is 28.0 Å². The lowest BCUT2D eigenvalue weighted by Gasteiger charge is -2.29. The van der Waals surface area contributed by atoms with Crippen LogP contribution in [-0.2, 0) is 13.1 Å². The van der Waals surface area contributed by atoms with Crippen molar-refractivity contribution in [2.75, 3.05) is 13.2 Å². The minimum atomic E-state index is 0.0285. The van der Waals surface area contributed by atoms with Gasteiger partial charge in [-0.3, -0.25) is 4.68 Å². The summed E-state index contributed by atoms with van der Waals surface area (Å²) in [5, 5.41) is 17.1. The van der Waals surface area contributed by atoms with Crippen molar-refractivity contribution < 1.29 is 5.11 Å². The summed E-state index contributed by atoms with van der Waals surface area (Å²) in [5.74, 6) is 0. The van der Waals surface area contributed by atoms with Gasteiger partial charge in [-0.15, -0.1) is 0 Å². The van der Waals surface area contributed by atoms with E-state index in [1.807, 2.05) is 10.9 Å². The van der Waals surface area contributed by atoms with Gasteiger partial charge in [0.25, 0.3) is 0 Å². The molecule has 0 bridgehead atoms. The van der Waals surface area contributed by atoms with Gasteiger partial charge in [-0.25, -0.2) is 0 Å². The SMILES string of the molecule is CCn1cc(CNCC(CC)(CC)CO)cn1. The Balaban J connectivity index is 2.40. The number of hydrogen-bond donors (Lipinski definition) is 2. The number of hydrogen-bond acceptors (Lipinski definition) is 3. The van der Waals surface area contributed by atoms with E-state index in [1.54, 1.807) is 0 Å². The fraction of sp³-hybridized carbons (Fsp3) is 0.769. The van der Waals surface area contributed by atoms with Crippen LogP contribution in [0.4, 0.5) is 0 Å². The van der Waals surface area contributed by atoms with Crippen LogP contribution in [0.25, 0.3) is 0 Å². The smallest absolute Gasteiger partial charge is 0.0534 e. The lowest BCUT2D eigenvalue weighted by atomic mass is 9.83.